The Hall–Kier alpha value is -1.05. The van der Waals surface area contributed by atoms with E-state index in [4.69, 9.17) is 4.74 Å². The maximum absolute atomic E-state index is 11.6. The summed E-state index contributed by atoms with van der Waals surface area (Å²) in [5.41, 5.74) is 2.50. The first-order chi connectivity index (χ1) is 8.51. The zero-order valence-corrected chi connectivity index (χ0v) is 12.6. The molecule has 0 fully saturated rings. The van der Waals surface area contributed by atoms with Crippen molar-refractivity contribution < 1.29 is 9.53 Å². The third-order valence-electron chi connectivity index (χ3n) is 2.97. The molecule has 0 saturated carbocycles. The molecule has 1 unspecified atom stereocenters. The van der Waals surface area contributed by atoms with Crippen LogP contribution in [0, 0.1) is 5.92 Å². The first-order valence-electron chi connectivity index (χ1n) is 7.01. The minimum absolute atomic E-state index is 0.190. The quantitative estimate of drug-likeness (QED) is 0.272. The highest BCUT2D eigenvalue weighted by atomic mass is 16.5. The smallest absolute Gasteiger partial charge is 0.330 e. The number of esters is 1. The van der Waals surface area contributed by atoms with Crippen LogP contribution < -0.4 is 0 Å². The fraction of sp³-hybridized carbons (Fsp3) is 0.688. The molecule has 0 amide bonds. The average Bonchev–Trinajstić information content (AvgIpc) is 2.33. The van der Waals surface area contributed by atoms with E-state index in [2.05, 4.69) is 40.7 Å². The summed E-state index contributed by atoms with van der Waals surface area (Å²) < 4.78 is 5.16. The summed E-state index contributed by atoms with van der Waals surface area (Å²) in [5.74, 6) is 0.216. The Labute approximate surface area is 112 Å². The summed E-state index contributed by atoms with van der Waals surface area (Å²) in [6, 6.07) is 0. The minimum Gasteiger partial charge on any atom is -0.463 e. The molecule has 18 heavy (non-hydrogen) atoms. The number of ether oxygens (including phenoxy) is 1. The fourth-order valence-corrected chi connectivity index (χ4v) is 1.67. The van der Waals surface area contributed by atoms with Crippen molar-refractivity contribution in [3.63, 3.8) is 0 Å². The summed E-state index contributed by atoms with van der Waals surface area (Å²) in [4.78, 5) is 11.6. The van der Waals surface area contributed by atoms with Crippen LogP contribution in [0.15, 0.2) is 23.3 Å². The van der Waals surface area contributed by atoms with Crippen molar-refractivity contribution in [1.82, 2.24) is 0 Å². The second kappa shape index (κ2) is 9.93. The van der Waals surface area contributed by atoms with Crippen molar-refractivity contribution in [2.45, 2.75) is 60.3 Å². The van der Waals surface area contributed by atoms with Gasteiger partial charge < -0.3 is 4.74 Å². The molecule has 0 aliphatic carbocycles. The average molecular weight is 252 g/mol. The molecule has 0 aliphatic rings. The van der Waals surface area contributed by atoms with Crippen LogP contribution in [-0.2, 0) is 9.53 Å². The largest absolute Gasteiger partial charge is 0.463 e. The molecular weight excluding hydrogens is 224 g/mol. The molecule has 104 valence electrons. The van der Waals surface area contributed by atoms with Crippen molar-refractivity contribution in [2.24, 2.45) is 5.92 Å². The molecule has 0 aromatic rings. The highest BCUT2D eigenvalue weighted by molar-refractivity contribution is 5.82. The molecule has 0 spiro atoms. The third kappa shape index (κ3) is 8.10. The summed E-state index contributed by atoms with van der Waals surface area (Å²) in [5, 5.41) is 0. The van der Waals surface area contributed by atoms with Crippen LogP contribution in [0.1, 0.15) is 60.3 Å². The number of rotatable bonds is 8. The highest BCUT2D eigenvalue weighted by Crippen LogP contribution is 2.19. The van der Waals surface area contributed by atoms with Gasteiger partial charge in [0.15, 0.2) is 0 Å². The molecule has 0 rings (SSSR count). The molecule has 0 bridgehead atoms. The molecule has 0 saturated heterocycles. The molecule has 2 heteroatoms. The number of unbranched alkanes of at least 4 members (excludes halogenated alkanes) is 1. The number of allylic oxidation sites excluding steroid dienone is 3. The Kier molecular flexibility index (Phi) is 9.35. The van der Waals surface area contributed by atoms with Gasteiger partial charge in [-0.3, -0.25) is 0 Å². The topological polar surface area (TPSA) is 26.3 Å². The van der Waals surface area contributed by atoms with Crippen molar-refractivity contribution >= 4 is 5.97 Å². The number of hydrogen-bond donors (Lipinski definition) is 0. The lowest BCUT2D eigenvalue weighted by molar-refractivity contribution is -0.137. The van der Waals surface area contributed by atoms with Gasteiger partial charge in [0.05, 0.1) is 6.61 Å². The Balaban J connectivity index is 4.36. The van der Waals surface area contributed by atoms with E-state index in [9.17, 15) is 4.79 Å². The maximum atomic E-state index is 11.6. The fourth-order valence-electron chi connectivity index (χ4n) is 1.67. The Morgan fingerprint density at radius 1 is 1.28 bits per heavy atom. The number of hydrogen-bond acceptors (Lipinski definition) is 2. The predicted molar refractivity (Wildman–Crippen MR) is 77.5 cm³/mol. The molecular formula is C16H28O2. The first kappa shape index (κ1) is 16.9. The van der Waals surface area contributed by atoms with Crippen molar-refractivity contribution in [3.8, 4) is 0 Å². The molecule has 2 nitrogen and oxygen atoms in total. The summed E-state index contributed by atoms with van der Waals surface area (Å²) in [7, 11) is 0. The molecule has 0 N–H and O–H groups in total. The van der Waals surface area contributed by atoms with E-state index in [1.54, 1.807) is 6.08 Å². The predicted octanol–water partition coefficient (Wildman–Crippen LogP) is 4.66. The summed E-state index contributed by atoms with van der Waals surface area (Å²) >= 11 is 0. The lowest BCUT2D eigenvalue weighted by atomic mass is 9.94. The van der Waals surface area contributed by atoms with Crippen LogP contribution in [-0.4, -0.2) is 12.6 Å². The maximum Gasteiger partial charge on any atom is 0.330 e. The van der Waals surface area contributed by atoms with E-state index in [1.807, 2.05) is 0 Å². The van der Waals surface area contributed by atoms with Gasteiger partial charge >= 0.3 is 5.97 Å². The Morgan fingerprint density at radius 3 is 2.44 bits per heavy atom. The van der Waals surface area contributed by atoms with Crippen LogP contribution in [0.25, 0.3) is 0 Å². The standard InChI is InChI=1S/C16H28O2/c1-6-8-11-18-16(17)12-15(7-2)14(5)10-9-13(3)4/h9,12,14H,6-8,10-11H2,1-5H3/b15-12+. The molecule has 0 aromatic heterocycles. The number of carbonyl (C=O) groups is 1. The van der Waals surface area contributed by atoms with Gasteiger partial charge in [0.2, 0.25) is 0 Å². The zero-order valence-electron chi connectivity index (χ0n) is 12.6. The van der Waals surface area contributed by atoms with Crippen LogP contribution in [0.5, 0.6) is 0 Å². The second-order valence-electron chi connectivity index (χ2n) is 5.01. The van der Waals surface area contributed by atoms with Gasteiger partial charge in [-0.25, -0.2) is 4.79 Å². The van der Waals surface area contributed by atoms with Gasteiger partial charge in [0.1, 0.15) is 0 Å². The zero-order chi connectivity index (χ0) is 14.0. The van der Waals surface area contributed by atoms with E-state index >= 15 is 0 Å². The third-order valence-corrected chi connectivity index (χ3v) is 2.97. The van der Waals surface area contributed by atoms with Gasteiger partial charge in [0, 0.05) is 6.08 Å². The van der Waals surface area contributed by atoms with Crippen molar-refractivity contribution in [2.75, 3.05) is 6.61 Å². The van der Waals surface area contributed by atoms with Gasteiger partial charge in [-0.2, -0.15) is 0 Å². The monoisotopic (exact) mass is 252 g/mol. The molecule has 0 radical (unpaired) electrons. The van der Waals surface area contributed by atoms with E-state index in [0.29, 0.717) is 12.5 Å². The van der Waals surface area contributed by atoms with Gasteiger partial charge in [0.25, 0.3) is 0 Å². The van der Waals surface area contributed by atoms with Crippen LogP contribution >= 0.6 is 0 Å². The first-order valence-corrected chi connectivity index (χ1v) is 7.01. The molecule has 0 aliphatic heterocycles. The lowest BCUT2D eigenvalue weighted by Gasteiger charge is -2.12. The van der Waals surface area contributed by atoms with E-state index in [0.717, 1.165) is 25.7 Å². The van der Waals surface area contributed by atoms with Gasteiger partial charge in [-0.1, -0.05) is 44.4 Å². The molecule has 0 heterocycles. The Morgan fingerprint density at radius 2 is 1.94 bits per heavy atom. The van der Waals surface area contributed by atoms with Crippen molar-refractivity contribution in [3.05, 3.63) is 23.3 Å². The molecule has 0 aromatic carbocycles. The van der Waals surface area contributed by atoms with Crippen molar-refractivity contribution in [1.29, 1.82) is 0 Å². The Bertz CT molecular complexity index is 296. The molecule has 1 atom stereocenters. The van der Waals surface area contributed by atoms with E-state index in [-0.39, 0.29) is 5.97 Å². The SMILES string of the molecule is CCCCOC(=O)/C=C(\CC)C(C)CC=C(C)C. The van der Waals surface area contributed by atoms with Crippen LogP contribution in [0.3, 0.4) is 0 Å². The second-order valence-corrected chi connectivity index (χ2v) is 5.01. The minimum atomic E-state index is -0.190. The van der Waals surface area contributed by atoms with Crippen LogP contribution in [0.4, 0.5) is 0 Å². The van der Waals surface area contributed by atoms with Gasteiger partial charge in [-0.05, 0) is 39.0 Å². The van der Waals surface area contributed by atoms with Gasteiger partial charge in [-0.15, -0.1) is 0 Å². The number of carbonyl (C=O) groups excluding carboxylic acids is 1. The summed E-state index contributed by atoms with van der Waals surface area (Å²) in [6.07, 6.45) is 7.78. The van der Waals surface area contributed by atoms with Crippen LogP contribution in [0.2, 0.25) is 0 Å². The van der Waals surface area contributed by atoms with E-state index < -0.39 is 0 Å². The lowest BCUT2D eigenvalue weighted by Crippen LogP contribution is -2.06. The summed E-state index contributed by atoms with van der Waals surface area (Å²) in [6.45, 7) is 11.1. The van der Waals surface area contributed by atoms with E-state index in [1.165, 1.54) is 11.1 Å². The highest BCUT2D eigenvalue weighted by Gasteiger charge is 2.08. The normalized spacial score (nSPS) is 13.1.